The fraction of sp³-hybridized carbons (Fsp3) is 0.286. The number of thiophene rings is 1. The quantitative estimate of drug-likeness (QED) is 0.796. The molecule has 1 atom stereocenters. The third-order valence-electron chi connectivity index (χ3n) is 3.03. The van der Waals surface area contributed by atoms with E-state index in [2.05, 4.69) is 21.2 Å². The van der Waals surface area contributed by atoms with Crippen molar-refractivity contribution < 1.29 is 4.39 Å². The molecule has 0 spiro atoms. The standard InChI is InChI=1S/C14H14BrClFNS/c1-8-7-19-14(13(8)16)12(18-2)5-9-3-4-10(15)6-11(9)17/h3-4,6-7,12,18H,5H2,1-2H3. The number of benzene rings is 1. The van der Waals surface area contributed by atoms with Crippen LogP contribution in [0, 0.1) is 12.7 Å². The van der Waals surface area contributed by atoms with Gasteiger partial charge in [-0.2, -0.15) is 0 Å². The smallest absolute Gasteiger partial charge is 0.127 e. The van der Waals surface area contributed by atoms with Crippen LogP contribution >= 0.6 is 38.9 Å². The van der Waals surface area contributed by atoms with Crippen LogP contribution < -0.4 is 5.32 Å². The van der Waals surface area contributed by atoms with Gasteiger partial charge in [-0.05, 0) is 49.0 Å². The zero-order valence-corrected chi connectivity index (χ0v) is 13.8. The van der Waals surface area contributed by atoms with Crippen molar-refractivity contribution in [1.82, 2.24) is 5.32 Å². The second-order valence-corrected chi connectivity index (χ2v) is 6.58. The van der Waals surface area contributed by atoms with E-state index in [0.29, 0.717) is 12.0 Å². The monoisotopic (exact) mass is 361 g/mol. The summed E-state index contributed by atoms with van der Waals surface area (Å²) in [5, 5.41) is 6.02. The zero-order chi connectivity index (χ0) is 14.0. The van der Waals surface area contributed by atoms with Gasteiger partial charge in [0.05, 0.1) is 5.02 Å². The van der Waals surface area contributed by atoms with E-state index in [1.54, 1.807) is 17.4 Å². The lowest BCUT2D eigenvalue weighted by molar-refractivity contribution is 0.559. The summed E-state index contributed by atoms with van der Waals surface area (Å²) in [5.74, 6) is -0.195. The third kappa shape index (κ3) is 3.37. The molecule has 0 saturated carbocycles. The molecule has 0 saturated heterocycles. The van der Waals surface area contributed by atoms with Crippen LogP contribution in [0.3, 0.4) is 0 Å². The first-order valence-electron chi connectivity index (χ1n) is 5.87. The van der Waals surface area contributed by atoms with E-state index < -0.39 is 0 Å². The fourth-order valence-corrected chi connectivity index (χ4v) is 3.69. The second-order valence-electron chi connectivity index (χ2n) is 4.38. The summed E-state index contributed by atoms with van der Waals surface area (Å²) in [6.07, 6.45) is 0.579. The number of halogens is 3. The van der Waals surface area contributed by atoms with Gasteiger partial charge in [0.2, 0.25) is 0 Å². The molecular formula is C14H14BrClFNS. The number of likely N-dealkylation sites (N-methyl/N-ethyl adjacent to an activating group) is 1. The molecule has 1 N–H and O–H groups in total. The molecule has 0 fully saturated rings. The van der Waals surface area contributed by atoms with Crippen LogP contribution in [0.5, 0.6) is 0 Å². The molecule has 102 valence electrons. The highest BCUT2D eigenvalue weighted by Crippen LogP contribution is 2.34. The zero-order valence-electron chi connectivity index (χ0n) is 10.6. The topological polar surface area (TPSA) is 12.0 Å². The molecule has 0 bridgehead atoms. The minimum Gasteiger partial charge on any atom is -0.312 e. The van der Waals surface area contributed by atoms with E-state index >= 15 is 0 Å². The second kappa shape index (κ2) is 6.35. The average Bonchev–Trinajstić information content (AvgIpc) is 2.70. The van der Waals surface area contributed by atoms with Gasteiger partial charge in [-0.15, -0.1) is 11.3 Å². The molecule has 1 aromatic carbocycles. The van der Waals surface area contributed by atoms with Crippen molar-refractivity contribution >= 4 is 38.9 Å². The maximum absolute atomic E-state index is 13.9. The lowest BCUT2D eigenvalue weighted by Gasteiger charge is -2.16. The van der Waals surface area contributed by atoms with Gasteiger partial charge in [0.15, 0.2) is 0 Å². The number of hydrogen-bond donors (Lipinski definition) is 1. The molecule has 1 heterocycles. The summed E-state index contributed by atoms with van der Waals surface area (Å²) in [7, 11) is 1.87. The number of rotatable bonds is 4. The summed E-state index contributed by atoms with van der Waals surface area (Å²) in [4.78, 5) is 1.06. The van der Waals surface area contributed by atoms with Gasteiger partial charge in [-0.1, -0.05) is 33.6 Å². The molecule has 0 aliphatic heterocycles. The molecule has 0 radical (unpaired) electrons. The van der Waals surface area contributed by atoms with E-state index in [-0.39, 0.29) is 11.9 Å². The Morgan fingerprint density at radius 2 is 2.21 bits per heavy atom. The van der Waals surface area contributed by atoms with Crippen LogP contribution in [0.2, 0.25) is 5.02 Å². The first kappa shape index (κ1) is 15.0. The molecule has 2 rings (SSSR count). The van der Waals surface area contributed by atoms with E-state index in [4.69, 9.17) is 11.6 Å². The lowest BCUT2D eigenvalue weighted by atomic mass is 10.0. The Bertz CT molecular complexity index is 585. The molecule has 19 heavy (non-hydrogen) atoms. The van der Waals surface area contributed by atoms with Gasteiger partial charge in [-0.25, -0.2) is 4.39 Å². The summed E-state index contributed by atoms with van der Waals surface area (Å²) in [5.41, 5.74) is 1.75. The molecule has 1 aromatic heterocycles. The fourth-order valence-electron chi connectivity index (χ4n) is 1.92. The number of aryl methyl sites for hydroxylation is 1. The Morgan fingerprint density at radius 1 is 1.47 bits per heavy atom. The first-order chi connectivity index (χ1) is 9.02. The molecule has 1 nitrogen and oxygen atoms in total. The van der Waals surface area contributed by atoms with E-state index in [0.717, 1.165) is 19.9 Å². The number of hydrogen-bond acceptors (Lipinski definition) is 2. The van der Waals surface area contributed by atoms with Crippen molar-refractivity contribution in [3.8, 4) is 0 Å². The normalized spacial score (nSPS) is 12.7. The highest BCUT2D eigenvalue weighted by Gasteiger charge is 2.18. The lowest BCUT2D eigenvalue weighted by Crippen LogP contribution is -2.18. The highest BCUT2D eigenvalue weighted by molar-refractivity contribution is 9.10. The minimum atomic E-state index is -0.195. The van der Waals surface area contributed by atoms with Crippen molar-refractivity contribution in [2.24, 2.45) is 0 Å². The Morgan fingerprint density at radius 3 is 2.74 bits per heavy atom. The van der Waals surface area contributed by atoms with Crippen LogP contribution in [0.1, 0.15) is 22.0 Å². The molecule has 2 aromatic rings. The molecule has 0 amide bonds. The average molecular weight is 363 g/mol. The van der Waals surface area contributed by atoms with Crippen molar-refractivity contribution in [1.29, 1.82) is 0 Å². The molecule has 0 aliphatic carbocycles. The summed E-state index contributed by atoms with van der Waals surface area (Å²) < 4.78 is 14.6. The Balaban J connectivity index is 2.26. The van der Waals surface area contributed by atoms with Crippen LogP contribution in [0.25, 0.3) is 0 Å². The largest absolute Gasteiger partial charge is 0.312 e. The van der Waals surface area contributed by atoms with Gasteiger partial charge < -0.3 is 5.32 Å². The number of nitrogens with one attached hydrogen (secondary N) is 1. The van der Waals surface area contributed by atoms with E-state index in [1.807, 2.05) is 25.4 Å². The van der Waals surface area contributed by atoms with Gasteiger partial charge in [-0.3, -0.25) is 0 Å². The van der Waals surface area contributed by atoms with E-state index in [9.17, 15) is 4.39 Å². The SMILES string of the molecule is CNC(Cc1ccc(Br)cc1F)c1scc(C)c1Cl. The van der Waals surface area contributed by atoms with Crippen molar-refractivity contribution in [3.05, 3.63) is 54.9 Å². The van der Waals surface area contributed by atoms with Gasteiger partial charge in [0, 0.05) is 15.4 Å². The van der Waals surface area contributed by atoms with Gasteiger partial charge in [0.1, 0.15) is 5.82 Å². The predicted octanol–water partition coefficient (Wildman–Crippen LogP) is 5.11. The van der Waals surface area contributed by atoms with Crippen LogP contribution in [0.4, 0.5) is 4.39 Å². The van der Waals surface area contributed by atoms with Crippen molar-refractivity contribution in [2.75, 3.05) is 7.05 Å². The predicted molar refractivity (Wildman–Crippen MR) is 83.7 cm³/mol. The van der Waals surface area contributed by atoms with Gasteiger partial charge in [0.25, 0.3) is 0 Å². The first-order valence-corrected chi connectivity index (χ1v) is 7.92. The van der Waals surface area contributed by atoms with E-state index in [1.165, 1.54) is 6.07 Å². The molecule has 0 aliphatic rings. The minimum absolute atomic E-state index is 0.0295. The maximum Gasteiger partial charge on any atom is 0.127 e. The molecule has 5 heteroatoms. The van der Waals surface area contributed by atoms with Gasteiger partial charge >= 0.3 is 0 Å². The maximum atomic E-state index is 13.9. The van der Waals surface area contributed by atoms with Crippen LogP contribution in [-0.4, -0.2) is 7.05 Å². The Labute approximate surface area is 129 Å². The highest BCUT2D eigenvalue weighted by atomic mass is 79.9. The van der Waals surface area contributed by atoms with Crippen LogP contribution in [-0.2, 0) is 6.42 Å². The van der Waals surface area contributed by atoms with Crippen LogP contribution in [0.15, 0.2) is 28.1 Å². The molecule has 1 unspecified atom stereocenters. The van der Waals surface area contributed by atoms with Crippen molar-refractivity contribution in [2.45, 2.75) is 19.4 Å². The van der Waals surface area contributed by atoms with Crippen molar-refractivity contribution in [3.63, 3.8) is 0 Å². The third-order valence-corrected chi connectivity index (χ3v) is 5.35. The Hall–Kier alpha value is -0.420. The Kier molecular flexibility index (Phi) is 5.01. The summed E-state index contributed by atoms with van der Waals surface area (Å²) >= 11 is 11.2. The summed E-state index contributed by atoms with van der Waals surface area (Å²) in [6.45, 7) is 1.98. The summed E-state index contributed by atoms with van der Waals surface area (Å²) in [6, 6.07) is 5.18. The molecular weight excluding hydrogens is 349 g/mol.